The summed E-state index contributed by atoms with van der Waals surface area (Å²) in [6.45, 7) is 0.862. The van der Waals surface area contributed by atoms with E-state index in [9.17, 15) is 4.79 Å². The van der Waals surface area contributed by atoms with Crippen LogP contribution in [0.1, 0.15) is 47.9 Å². The van der Waals surface area contributed by atoms with Crippen LogP contribution in [-0.2, 0) is 0 Å². The van der Waals surface area contributed by atoms with Crippen LogP contribution < -0.4 is 15.5 Å². The van der Waals surface area contributed by atoms with E-state index in [0.29, 0.717) is 29.3 Å². The van der Waals surface area contributed by atoms with E-state index >= 15 is 0 Å². The number of fused-ring (bicyclic) bond motifs is 1. The molecule has 0 aromatic carbocycles. The molecule has 0 bridgehead atoms. The molecule has 10 nitrogen and oxygen atoms in total. The highest BCUT2D eigenvalue weighted by Gasteiger charge is 2.30. The number of carbonyl (C=O) groups excluding carboxylic acids is 1. The molecule has 0 radical (unpaired) electrons. The van der Waals surface area contributed by atoms with E-state index in [4.69, 9.17) is 10.1 Å². The normalized spacial score (nSPS) is 18.2. The highest BCUT2D eigenvalue weighted by atomic mass is 16.2. The number of aromatic amines is 1. The van der Waals surface area contributed by atoms with Crippen LogP contribution in [0.2, 0.25) is 0 Å². The first-order valence-electron chi connectivity index (χ1n) is 10.9. The molecule has 1 saturated heterocycles. The van der Waals surface area contributed by atoms with Gasteiger partial charge in [0.05, 0.1) is 11.7 Å². The van der Waals surface area contributed by atoms with E-state index < -0.39 is 0 Å². The maximum absolute atomic E-state index is 12.3. The van der Waals surface area contributed by atoms with Gasteiger partial charge in [0.2, 0.25) is 5.95 Å². The number of aromatic nitrogens is 6. The smallest absolute Gasteiger partial charge is 0.269 e. The fourth-order valence-corrected chi connectivity index (χ4v) is 4.14. The van der Waals surface area contributed by atoms with E-state index in [2.05, 4.69) is 30.7 Å². The summed E-state index contributed by atoms with van der Waals surface area (Å²) in [5, 5.41) is 18.0. The predicted molar refractivity (Wildman–Crippen MR) is 119 cm³/mol. The van der Waals surface area contributed by atoms with Crippen molar-refractivity contribution in [2.75, 3.05) is 16.8 Å². The molecule has 0 unspecified atom stereocenters. The number of carbonyl (C=O) groups is 1. The predicted octanol–water partition coefficient (Wildman–Crippen LogP) is 2.82. The van der Waals surface area contributed by atoms with Gasteiger partial charge in [-0.15, -0.1) is 5.10 Å². The van der Waals surface area contributed by atoms with Gasteiger partial charge in [0.15, 0.2) is 11.6 Å². The Labute approximate surface area is 184 Å². The minimum atomic E-state index is -0.139. The molecule has 3 N–H and O–H groups in total. The Bertz CT molecular complexity index is 1260. The number of nitrogens with one attached hydrogen (secondary N) is 3. The Hall–Kier alpha value is -3.95. The summed E-state index contributed by atoms with van der Waals surface area (Å²) in [5.74, 6) is 1.65. The highest BCUT2D eigenvalue weighted by Crippen LogP contribution is 2.34. The second-order valence-electron chi connectivity index (χ2n) is 8.24. The molecule has 0 spiro atoms. The lowest BCUT2D eigenvalue weighted by Crippen LogP contribution is -2.26. The van der Waals surface area contributed by atoms with Crippen molar-refractivity contribution in [3.8, 4) is 0 Å². The third-order valence-electron chi connectivity index (χ3n) is 5.90. The summed E-state index contributed by atoms with van der Waals surface area (Å²) < 4.78 is 1.81. The molecule has 32 heavy (non-hydrogen) atoms. The largest absolute Gasteiger partial charge is 0.348 e. The lowest BCUT2D eigenvalue weighted by atomic mass is 10.1. The number of amides is 1. The van der Waals surface area contributed by atoms with Crippen LogP contribution in [0.25, 0.3) is 5.52 Å². The van der Waals surface area contributed by atoms with Crippen LogP contribution in [0, 0.1) is 0 Å². The molecular formula is C22H23N9O. The molecule has 2 fully saturated rings. The van der Waals surface area contributed by atoms with Crippen LogP contribution in [0.4, 0.5) is 17.6 Å². The van der Waals surface area contributed by atoms with E-state index in [0.717, 1.165) is 43.4 Å². The number of pyridine rings is 1. The van der Waals surface area contributed by atoms with E-state index in [-0.39, 0.29) is 11.9 Å². The average Bonchev–Trinajstić information content (AvgIpc) is 3.23. The molecule has 1 amide bonds. The van der Waals surface area contributed by atoms with Crippen molar-refractivity contribution in [3.63, 3.8) is 0 Å². The minimum Gasteiger partial charge on any atom is -0.348 e. The SMILES string of the molecule is O=C(NC1CC1)c1cc(Nc2nc(N3CCC[C@@H]3c3ccccn3)nn3cccc23)n[nH]1. The molecule has 2 aliphatic rings. The van der Waals surface area contributed by atoms with Gasteiger partial charge in [-0.25, -0.2) is 4.52 Å². The van der Waals surface area contributed by atoms with Crippen LogP contribution in [0.3, 0.4) is 0 Å². The maximum Gasteiger partial charge on any atom is 0.269 e. The quantitative estimate of drug-likeness (QED) is 0.432. The summed E-state index contributed by atoms with van der Waals surface area (Å²) in [6, 6.07) is 12.0. The number of nitrogens with zero attached hydrogens (tertiary/aromatic N) is 6. The number of hydrogen-bond acceptors (Lipinski definition) is 7. The van der Waals surface area contributed by atoms with Crippen molar-refractivity contribution < 1.29 is 4.79 Å². The molecule has 1 atom stereocenters. The summed E-state index contributed by atoms with van der Waals surface area (Å²) in [6.07, 6.45) is 7.86. The summed E-state index contributed by atoms with van der Waals surface area (Å²) in [5.41, 5.74) is 2.28. The van der Waals surface area contributed by atoms with Gasteiger partial charge in [-0.1, -0.05) is 6.07 Å². The van der Waals surface area contributed by atoms with E-state index in [1.54, 1.807) is 6.07 Å². The minimum absolute atomic E-state index is 0.139. The van der Waals surface area contributed by atoms with E-state index in [1.807, 2.05) is 47.2 Å². The lowest BCUT2D eigenvalue weighted by Gasteiger charge is -2.24. The first-order valence-corrected chi connectivity index (χ1v) is 10.9. The monoisotopic (exact) mass is 429 g/mol. The molecule has 1 saturated carbocycles. The molecule has 4 aromatic heterocycles. The summed E-state index contributed by atoms with van der Waals surface area (Å²) in [7, 11) is 0. The van der Waals surface area contributed by atoms with Gasteiger partial charge >= 0.3 is 0 Å². The fraction of sp³-hybridized carbons (Fsp3) is 0.318. The van der Waals surface area contributed by atoms with E-state index in [1.165, 1.54) is 0 Å². The molecule has 4 aromatic rings. The maximum atomic E-state index is 12.3. The lowest BCUT2D eigenvalue weighted by molar-refractivity contribution is 0.0946. The van der Waals surface area contributed by atoms with Gasteiger partial charge in [-0.05, 0) is 49.9 Å². The van der Waals surface area contributed by atoms with Gasteiger partial charge in [0.1, 0.15) is 11.2 Å². The van der Waals surface area contributed by atoms with Crippen molar-refractivity contribution in [3.05, 3.63) is 60.2 Å². The number of anilines is 3. The third kappa shape index (κ3) is 3.53. The molecule has 1 aliphatic heterocycles. The van der Waals surface area contributed by atoms with Crippen LogP contribution in [0.15, 0.2) is 48.8 Å². The van der Waals surface area contributed by atoms with Crippen molar-refractivity contribution >= 4 is 29.0 Å². The molecule has 6 rings (SSSR count). The zero-order chi connectivity index (χ0) is 21.5. The Morgan fingerprint density at radius 1 is 1.16 bits per heavy atom. The molecule has 162 valence electrons. The Kier molecular flexibility index (Phi) is 4.48. The van der Waals surface area contributed by atoms with Crippen molar-refractivity contribution in [1.82, 2.24) is 35.1 Å². The zero-order valence-electron chi connectivity index (χ0n) is 17.4. The second kappa shape index (κ2) is 7.63. The third-order valence-corrected chi connectivity index (χ3v) is 5.90. The van der Waals surface area contributed by atoms with Crippen LogP contribution in [0.5, 0.6) is 0 Å². The Balaban J connectivity index is 1.30. The summed E-state index contributed by atoms with van der Waals surface area (Å²) >= 11 is 0. The molecule has 10 heteroatoms. The fourth-order valence-electron chi connectivity index (χ4n) is 4.14. The average molecular weight is 429 g/mol. The molecule has 1 aliphatic carbocycles. The zero-order valence-corrected chi connectivity index (χ0v) is 17.4. The molecule has 5 heterocycles. The van der Waals surface area contributed by atoms with Gasteiger partial charge < -0.3 is 15.5 Å². The highest BCUT2D eigenvalue weighted by molar-refractivity contribution is 5.93. The van der Waals surface area contributed by atoms with Crippen molar-refractivity contribution in [2.45, 2.75) is 37.8 Å². The van der Waals surface area contributed by atoms with Crippen molar-refractivity contribution in [1.29, 1.82) is 0 Å². The van der Waals surface area contributed by atoms with Gasteiger partial charge in [-0.2, -0.15) is 10.1 Å². The summed E-state index contributed by atoms with van der Waals surface area (Å²) in [4.78, 5) is 23.9. The number of H-pyrrole nitrogens is 1. The van der Waals surface area contributed by atoms with Gasteiger partial charge in [0.25, 0.3) is 5.91 Å². The van der Waals surface area contributed by atoms with Crippen LogP contribution in [-0.4, -0.2) is 48.3 Å². The van der Waals surface area contributed by atoms with Gasteiger partial charge in [0, 0.05) is 31.0 Å². The molecular weight excluding hydrogens is 406 g/mol. The first kappa shape index (κ1) is 18.8. The first-order chi connectivity index (χ1) is 15.7. The number of rotatable bonds is 6. The Morgan fingerprint density at radius 2 is 2.09 bits per heavy atom. The van der Waals surface area contributed by atoms with Crippen LogP contribution >= 0.6 is 0 Å². The van der Waals surface area contributed by atoms with Crippen molar-refractivity contribution in [2.24, 2.45) is 0 Å². The second-order valence-corrected chi connectivity index (χ2v) is 8.24. The Morgan fingerprint density at radius 3 is 2.94 bits per heavy atom. The van der Waals surface area contributed by atoms with Gasteiger partial charge in [-0.3, -0.25) is 14.9 Å². The topological polar surface area (TPSA) is 116 Å². The standard InChI is InChI=1S/C22H23N9O/c32-21(24-14-8-9-14)16-13-19(28-27-16)25-20-18-7-4-12-31(18)29-22(26-20)30-11-3-6-17(30)15-5-1-2-10-23-15/h1-2,4-5,7,10,12-14,17H,3,6,8-9,11H2,(H,24,32)(H2,25,26,27,28,29)/t17-/m1/s1. The number of hydrogen-bond donors (Lipinski definition) is 3.